The predicted octanol–water partition coefficient (Wildman–Crippen LogP) is 0.995. The first-order valence-electron chi connectivity index (χ1n) is 7.47. The van der Waals surface area contributed by atoms with Crippen LogP contribution in [0.3, 0.4) is 0 Å². The van der Waals surface area contributed by atoms with Crippen LogP contribution in [0, 0.1) is 0 Å². The van der Waals surface area contributed by atoms with Crippen molar-refractivity contribution in [2.75, 3.05) is 6.54 Å². The molecule has 116 valence electrons. The van der Waals surface area contributed by atoms with Crippen molar-refractivity contribution in [1.82, 2.24) is 14.9 Å². The van der Waals surface area contributed by atoms with Crippen molar-refractivity contribution in [3.63, 3.8) is 0 Å². The summed E-state index contributed by atoms with van der Waals surface area (Å²) in [5.74, 6) is -0.0658. The average molecular weight is 300 g/mol. The molecule has 2 heterocycles. The van der Waals surface area contributed by atoms with Crippen LogP contribution in [0.15, 0.2) is 43.0 Å². The van der Waals surface area contributed by atoms with Crippen LogP contribution in [0.25, 0.3) is 5.69 Å². The molecule has 6 heteroatoms. The Morgan fingerprint density at radius 2 is 2.36 bits per heavy atom. The normalized spacial score (nSPS) is 21.0. The van der Waals surface area contributed by atoms with Gasteiger partial charge in [0.05, 0.1) is 12.4 Å². The zero-order valence-corrected chi connectivity index (χ0v) is 12.3. The molecule has 0 aliphatic carbocycles. The van der Waals surface area contributed by atoms with Gasteiger partial charge in [0, 0.05) is 31.2 Å². The number of benzene rings is 1. The van der Waals surface area contributed by atoms with Gasteiger partial charge < -0.3 is 20.4 Å². The van der Waals surface area contributed by atoms with Crippen LogP contribution in [0.4, 0.5) is 0 Å². The number of ether oxygens (including phenoxy) is 1. The fraction of sp³-hybridized carbons (Fsp3) is 0.375. The van der Waals surface area contributed by atoms with Gasteiger partial charge in [-0.05, 0) is 30.5 Å². The van der Waals surface area contributed by atoms with Crippen molar-refractivity contribution < 1.29 is 9.53 Å². The van der Waals surface area contributed by atoms with E-state index in [1.54, 1.807) is 12.5 Å². The topological polar surface area (TPSA) is 82.2 Å². The minimum atomic E-state index is -0.370. The van der Waals surface area contributed by atoms with Crippen molar-refractivity contribution in [1.29, 1.82) is 0 Å². The molecule has 1 aliphatic heterocycles. The third-order valence-electron chi connectivity index (χ3n) is 3.84. The second-order valence-electron chi connectivity index (χ2n) is 5.42. The first-order chi connectivity index (χ1) is 10.8. The highest BCUT2D eigenvalue weighted by molar-refractivity contribution is 5.81. The van der Waals surface area contributed by atoms with E-state index in [4.69, 9.17) is 10.5 Å². The van der Waals surface area contributed by atoms with E-state index < -0.39 is 0 Å². The number of rotatable bonds is 5. The van der Waals surface area contributed by atoms with Crippen LogP contribution >= 0.6 is 0 Å². The summed E-state index contributed by atoms with van der Waals surface area (Å²) in [5, 5.41) is 2.93. The van der Waals surface area contributed by atoms with Crippen molar-refractivity contribution in [2.24, 2.45) is 5.73 Å². The van der Waals surface area contributed by atoms with Gasteiger partial charge in [0.2, 0.25) is 5.91 Å². The lowest BCUT2D eigenvalue weighted by Gasteiger charge is -2.13. The van der Waals surface area contributed by atoms with Crippen molar-refractivity contribution in [3.8, 4) is 5.69 Å². The third-order valence-corrected chi connectivity index (χ3v) is 3.84. The number of aromatic nitrogens is 2. The molecule has 1 aromatic heterocycles. The van der Waals surface area contributed by atoms with Crippen LogP contribution in [0.5, 0.6) is 0 Å². The molecule has 0 radical (unpaired) electrons. The second kappa shape index (κ2) is 6.72. The van der Waals surface area contributed by atoms with Crippen LogP contribution in [0.2, 0.25) is 0 Å². The molecule has 1 amide bonds. The summed E-state index contributed by atoms with van der Waals surface area (Å²) in [6, 6.07) is 7.98. The number of amides is 1. The van der Waals surface area contributed by atoms with E-state index in [9.17, 15) is 4.79 Å². The van der Waals surface area contributed by atoms with Gasteiger partial charge in [-0.2, -0.15) is 0 Å². The molecule has 6 nitrogen and oxygen atoms in total. The molecule has 2 aromatic rings. The minimum Gasteiger partial charge on any atom is -0.364 e. The summed E-state index contributed by atoms with van der Waals surface area (Å²) in [7, 11) is 0. The standard InChI is InChI=1S/C16H20N4O2/c17-9-14-4-5-15(22-14)16(21)19-10-12-2-1-3-13(8-12)20-7-6-18-11-20/h1-3,6-8,11,14-15H,4-5,9-10,17H2,(H,19,21)/t14-,15+/m1/s1. The number of hydrogen-bond donors (Lipinski definition) is 2. The zero-order valence-electron chi connectivity index (χ0n) is 12.3. The molecule has 0 unspecified atom stereocenters. The largest absolute Gasteiger partial charge is 0.364 e. The Hall–Kier alpha value is -2.18. The van der Waals surface area contributed by atoms with Gasteiger partial charge in [-0.15, -0.1) is 0 Å². The molecule has 1 fully saturated rings. The Balaban J connectivity index is 1.58. The van der Waals surface area contributed by atoms with Gasteiger partial charge in [-0.3, -0.25) is 4.79 Å². The summed E-state index contributed by atoms with van der Waals surface area (Å²) >= 11 is 0. The van der Waals surface area contributed by atoms with Crippen LogP contribution < -0.4 is 11.1 Å². The summed E-state index contributed by atoms with van der Waals surface area (Å²) in [6.45, 7) is 0.950. The fourth-order valence-corrected chi connectivity index (χ4v) is 2.61. The Labute approximate surface area is 129 Å². The smallest absolute Gasteiger partial charge is 0.249 e. The van der Waals surface area contributed by atoms with E-state index in [1.165, 1.54) is 0 Å². The lowest BCUT2D eigenvalue weighted by atomic mass is 10.1. The number of carbonyl (C=O) groups is 1. The molecule has 3 rings (SSSR count). The van der Waals surface area contributed by atoms with Gasteiger partial charge in [-0.25, -0.2) is 4.98 Å². The zero-order chi connectivity index (χ0) is 15.4. The van der Waals surface area contributed by atoms with Crippen molar-refractivity contribution in [3.05, 3.63) is 48.5 Å². The van der Waals surface area contributed by atoms with E-state index >= 15 is 0 Å². The highest BCUT2D eigenvalue weighted by atomic mass is 16.5. The van der Waals surface area contributed by atoms with Crippen LogP contribution in [-0.2, 0) is 16.1 Å². The molecule has 2 atom stereocenters. The van der Waals surface area contributed by atoms with E-state index in [-0.39, 0.29) is 18.1 Å². The first-order valence-corrected chi connectivity index (χ1v) is 7.47. The van der Waals surface area contributed by atoms with Gasteiger partial charge in [0.15, 0.2) is 0 Å². The molecule has 0 saturated carbocycles. The maximum absolute atomic E-state index is 12.1. The predicted molar refractivity (Wildman–Crippen MR) is 82.4 cm³/mol. The van der Waals surface area contributed by atoms with Gasteiger partial charge >= 0.3 is 0 Å². The quantitative estimate of drug-likeness (QED) is 0.863. The Bertz CT molecular complexity index is 627. The highest BCUT2D eigenvalue weighted by Crippen LogP contribution is 2.19. The number of hydrogen-bond acceptors (Lipinski definition) is 4. The van der Waals surface area contributed by atoms with Gasteiger partial charge in [0.25, 0.3) is 0 Å². The van der Waals surface area contributed by atoms with Crippen LogP contribution in [0.1, 0.15) is 18.4 Å². The Kier molecular flexibility index (Phi) is 4.50. The average Bonchev–Trinajstić information content (AvgIpc) is 3.24. The van der Waals surface area contributed by atoms with Gasteiger partial charge in [-0.1, -0.05) is 12.1 Å². The Morgan fingerprint density at radius 1 is 1.45 bits per heavy atom. The fourth-order valence-electron chi connectivity index (χ4n) is 2.61. The summed E-state index contributed by atoms with van der Waals surface area (Å²) in [5.41, 5.74) is 7.61. The lowest BCUT2D eigenvalue weighted by Crippen LogP contribution is -2.35. The summed E-state index contributed by atoms with van der Waals surface area (Å²) < 4.78 is 7.52. The monoisotopic (exact) mass is 300 g/mol. The van der Waals surface area contributed by atoms with Gasteiger partial charge in [0.1, 0.15) is 6.10 Å². The molecule has 3 N–H and O–H groups in total. The van der Waals surface area contributed by atoms with E-state index in [1.807, 2.05) is 35.0 Å². The third kappa shape index (κ3) is 3.35. The van der Waals surface area contributed by atoms with E-state index in [0.717, 1.165) is 24.1 Å². The number of nitrogens with two attached hydrogens (primary N) is 1. The number of nitrogens with one attached hydrogen (secondary N) is 1. The molecule has 1 aromatic carbocycles. The Morgan fingerprint density at radius 3 is 3.09 bits per heavy atom. The van der Waals surface area contributed by atoms with Crippen molar-refractivity contribution in [2.45, 2.75) is 31.6 Å². The van der Waals surface area contributed by atoms with Crippen molar-refractivity contribution >= 4 is 5.91 Å². The number of carbonyl (C=O) groups excluding carboxylic acids is 1. The first kappa shape index (κ1) is 14.7. The van der Waals surface area contributed by atoms with E-state index in [0.29, 0.717) is 13.1 Å². The maximum atomic E-state index is 12.1. The van der Waals surface area contributed by atoms with E-state index in [2.05, 4.69) is 10.3 Å². The number of imidazole rings is 1. The lowest BCUT2D eigenvalue weighted by molar-refractivity contribution is -0.132. The molecule has 22 heavy (non-hydrogen) atoms. The molecule has 0 spiro atoms. The second-order valence-corrected chi connectivity index (χ2v) is 5.42. The number of nitrogens with zero attached hydrogens (tertiary/aromatic N) is 2. The maximum Gasteiger partial charge on any atom is 0.249 e. The molecular weight excluding hydrogens is 280 g/mol. The highest BCUT2D eigenvalue weighted by Gasteiger charge is 2.29. The molecule has 0 bridgehead atoms. The minimum absolute atomic E-state index is 0.0142. The molecular formula is C16H20N4O2. The van der Waals surface area contributed by atoms with Crippen LogP contribution in [-0.4, -0.2) is 34.2 Å². The summed E-state index contributed by atoms with van der Waals surface area (Å²) in [4.78, 5) is 16.1. The summed E-state index contributed by atoms with van der Waals surface area (Å²) in [6.07, 6.45) is 6.60. The SMILES string of the molecule is NC[C@H]1CC[C@@H](C(=O)NCc2cccc(-n3ccnc3)c2)O1. The molecule has 1 aliphatic rings. The molecule has 1 saturated heterocycles.